The van der Waals surface area contributed by atoms with Crippen molar-refractivity contribution in [1.82, 2.24) is 15.1 Å². The summed E-state index contributed by atoms with van der Waals surface area (Å²) in [6, 6.07) is 4.24. The highest BCUT2D eigenvalue weighted by atomic mass is 19.1. The monoisotopic (exact) mass is 480 g/mol. The van der Waals surface area contributed by atoms with Gasteiger partial charge < -0.3 is 15.0 Å². The zero-order valence-corrected chi connectivity index (χ0v) is 17.4. The molecular weight excluding hydrogens is 439 g/mol. The summed E-state index contributed by atoms with van der Waals surface area (Å²) in [5.41, 5.74) is -2.57. The minimum atomic E-state index is -3.66. The quantitative estimate of drug-likeness (QED) is 0.615. The van der Waals surface area contributed by atoms with Crippen LogP contribution in [0, 0.1) is 5.82 Å². The van der Waals surface area contributed by atoms with Gasteiger partial charge in [0, 0.05) is 69.5 Å². The maximum absolute atomic E-state index is 15.7. The van der Waals surface area contributed by atoms with Gasteiger partial charge in [0.2, 0.25) is 11.8 Å². The molecule has 2 saturated heterocycles. The molecule has 2 aromatic rings. The lowest BCUT2D eigenvalue weighted by Crippen LogP contribution is -2.52. The number of carbonyl (C=O) groups is 3. The molecule has 9 heteroatoms. The molecule has 2 fully saturated rings. The van der Waals surface area contributed by atoms with Crippen molar-refractivity contribution in [1.29, 1.82) is 0 Å². The van der Waals surface area contributed by atoms with Crippen LogP contribution in [0.2, 0.25) is 0 Å². The highest BCUT2D eigenvalue weighted by Gasteiger charge is 2.39. The highest BCUT2D eigenvalue weighted by Crippen LogP contribution is 2.32. The normalized spacial score (nSPS) is 35.3. The van der Waals surface area contributed by atoms with E-state index in [1.54, 1.807) is 0 Å². The van der Waals surface area contributed by atoms with E-state index in [1.165, 1.54) is 18.2 Å². The van der Waals surface area contributed by atoms with Crippen molar-refractivity contribution in [2.75, 3.05) is 31.4 Å². The molecule has 5 rings (SSSR count). The third-order valence-electron chi connectivity index (χ3n) is 5.23. The summed E-state index contributed by atoms with van der Waals surface area (Å²) >= 11 is 0. The number of anilines is 1. The van der Waals surface area contributed by atoms with Crippen molar-refractivity contribution in [3.8, 4) is 0 Å². The Kier molecular flexibility index (Phi) is 3.20. The molecule has 0 bridgehead atoms. The standard InChI is InChI=1S/C25H27FN4O4/c26-20-12-16(14-29-8-10-34-11-9-29)4-5-17(20)13-27-21-3-1-2-18-19(21)15-30(25(18)33)22-6-7-23(31)28-24(22)32/h1-5,12,22,27H,6-11,13-15H2,(H,28,31,32)/t22-/m1/s1/i8D2,9D2,10D2,11D2,13D2,14D2,15D2. The fraction of sp³-hybridized carbons (Fsp3) is 0.400. The molecule has 0 saturated carbocycles. The number of ether oxygens (including phenoxy) is 1. The second kappa shape index (κ2) is 9.52. The van der Waals surface area contributed by atoms with Crippen LogP contribution >= 0.6 is 0 Å². The SMILES string of the molecule is [2H]C([2H])(Nc1cccc2c1C([2H])([2H])N([C@@H]1CCC(=O)NC1=O)C2=O)c1ccc(C([2H])([2H])N2C([2H])([2H])C([2H])([2H])OC([2H])([2H])C2([2H])[2H])cc1F. The second-order valence-electron chi connectivity index (χ2n) is 7.40. The van der Waals surface area contributed by atoms with Gasteiger partial charge in [0.05, 0.1) is 24.1 Å². The number of piperidine rings is 1. The third kappa shape index (κ3) is 4.53. The average molecular weight is 481 g/mol. The summed E-state index contributed by atoms with van der Waals surface area (Å²) < 4.78 is 136. The van der Waals surface area contributed by atoms with Crippen LogP contribution in [0.25, 0.3) is 0 Å². The number of carbonyl (C=O) groups excluding carboxylic acids is 3. The summed E-state index contributed by atoms with van der Waals surface area (Å²) in [5, 5.41) is 4.40. The molecule has 3 aliphatic rings. The van der Waals surface area contributed by atoms with E-state index in [1.807, 2.05) is 0 Å². The molecule has 178 valence electrons. The van der Waals surface area contributed by atoms with Crippen molar-refractivity contribution < 1.29 is 42.7 Å². The number of halogens is 1. The van der Waals surface area contributed by atoms with Gasteiger partial charge in [0.15, 0.2) is 0 Å². The van der Waals surface area contributed by atoms with Crippen LogP contribution < -0.4 is 10.6 Å². The first kappa shape index (κ1) is 11.4. The van der Waals surface area contributed by atoms with E-state index >= 15 is 4.39 Å². The summed E-state index contributed by atoms with van der Waals surface area (Å²) in [7, 11) is 0. The first-order valence-electron chi connectivity index (χ1n) is 17.1. The summed E-state index contributed by atoms with van der Waals surface area (Å²) in [4.78, 5) is 37.7. The van der Waals surface area contributed by atoms with Crippen molar-refractivity contribution in [2.45, 2.75) is 38.4 Å². The number of nitrogens with zero attached hydrogens (tertiary/aromatic N) is 2. The van der Waals surface area contributed by atoms with Gasteiger partial charge in [-0.25, -0.2) is 4.39 Å². The number of hydrogen-bond acceptors (Lipinski definition) is 6. The zero-order chi connectivity index (χ0) is 36.2. The summed E-state index contributed by atoms with van der Waals surface area (Å²) in [5.74, 6) is -3.87. The Morgan fingerprint density at radius 2 is 2.03 bits per heavy atom. The molecule has 0 aromatic heterocycles. The molecule has 0 unspecified atom stereocenters. The van der Waals surface area contributed by atoms with Gasteiger partial charge in [-0.15, -0.1) is 0 Å². The molecule has 1 atom stereocenters. The number of benzene rings is 2. The first-order chi connectivity index (χ1) is 21.7. The van der Waals surface area contributed by atoms with Crippen LogP contribution in [0.15, 0.2) is 36.4 Å². The fourth-order valence-corrected chi connectivity index (χ4v) is 3.60. The molecular formula is C25H27FN4O4. The van der Waals surface area contributed by atoms with E-state index in [4.69, 9.17) is 19.2 Å². The van der Waals surface area contributed by atoms with Crippen LogP contribution in [-0.2, 0) is 33.8 Å². The van der Waals surface area contributed by atoms with Gasteiger partial charge in [-0.1, -0.05) is 18.2 Å². The zero-order valence-electron chi connectivity index (χ0n) is 31.4. The minimum Gasteiger partial charge on any atom is -0.381 e. The summed E-state index contributed by atoms with van der Waals surface area (Å²) in [6.45, 7) is -23.6. The molecule has 3 aliphatic heterocycles. The number of rotatable bonds is 6. The number of amides is 3. The van der Waals surface area contributed by atoms with E-state index < -0.39 is 91.2 Å². The predicted molar refractivity (Wildman–Crippen MR) is 122 cm³/mol. The molecule has 3 amide bonds. The van der Waals surface area contributed by atoms with Crippen LogP contribution in [0.3, 0.4) is 0 Å². The van der Waals surface area contributed by atoms with Crippen molar-refractivity contribution >= 4 is 23.4 Å². The fourth-order valence-electron chi connectivity index (χ4n) is 3.60. The topological polar surface area (TPSA) is 91.0 Å². The second-order valence-corrected chi connectivity index (χ2v) is 7.40. The Hall–Kier alpha value is -3.30. The number of imide groups is 1. The van der Waals surface area contributed by atoms with Gasteiger partial charge in [-0.3, -0.25) is 24.6 Å². The van der Waals surface area contributed by atoms with Crippen molar-refractivity contribution in [2.24, 2.45) is 0 Å². The number of hydrogen-bond donors (Lipinski definition) is 2. The highest BCUT2D eigenvalue weighted by molar-refractivity contribution is 6.06. The van der Waals surface area contributed by atoms with Gasteiger partial charge in [-0.05, 0) is 30.2 Å². The molecule has 0 radical (unpaired) electrons. The van der Waals surface area contributed by atoms with Crippen molar-refractivity contribution in [3.05, 3.63) is 64.5 Å². The molecule has 0 aliphatic carbocycles. The maximum atomic E-state index is 15.7. The van der Waals surface area contributed by atoms with Crippen molar-refractivity contribution in [3.63, 3.8) is 0 Å². The first-order valence-corrected chi connectivity index (χ1v) is 10.1. The molecule has 2 N–H and O–H groups in total. The Labute approximate surface area is 216 Å². The summed E-state index contributed by atoms with van der Waals surface area (Å²) in [6.07, 6.45) is -0.324. The maximum Gasteiger partial charge on any atom is 0.255 e. The average Bonchev–Trinajstić information content (AvgIpc) is 3.12. The van der Waals surface area contributed by atoms with Gasteiger partial charge in [-0.2, -0.15) is 0 Å². The molecule has 34 heavy (non-hydrogen) atoms. The van der Waals surface area contributed by atoms with E-state index in [2.05, 4.69) is 15.4 Å². The molecule has 2 aromatic carbocycles. The van der Waals surface area contributed by atoms with Gasteiger partial charge in [0.1, 0.15) is 11.9 Å². The Morgan fingerprint density at radius 3 is 2.79 bits per heavy atom. The van der Waals surface area contributed by atoms with Crippen LogP contribution in [0.5, 0.6) is 0 Å². The van der Waals surface area contributed by atoms with Crippen LogP contribution in [-0.4, -0.2) is 59.7 Å². The largest absolute Gasteiger partial charge is 0.381 e. The van der Waals surface area contributed by atoms with E-state index in [0.29, 0.717) is 11.0 Å². The van der Waals surface area contributed by atoms with E-state index in [-0.39, 0.29) is 29.7 Å². The molecule has 8 nitrogen and oxygen atoms in total. The Bertz CT molecular complexity index is 1700. The Balaban J connectivity index is 1.50. The predicted octanol–water partition coefficient (Wildman–Crippen LogP) is 2.03. The van der Waals surface area contributed by atoms with Gasteiger partial charge in [0.25, 0.3) is 5.91 Å². The van der Waals surface area contributed by atoms with Crippen LogP contribution in [0.4, 0.5) is 10.1 Å². The number of fused-ring (bicyclic) bond motifs is 1. The van der Waals surface area contributed by atoms with Crippen LogP contribution in [0.1, 0.15) is 59.1 Å². The number of nitrogens with one attached hydrogen (secondary N) is 2. The van der Waals surface area contributed by atoms with E-state index in [9.17, 15) is 14.4 Å². The lowest BCUT2D eigenvalue weighted by atomic mass is 10.0. The smallest absolute Gasteiger partial charge is 0.255 e. The third-order valence-corrected chi connectivity index (χ3v) is 5.23. The molecule has 3 heterocycles. The molecule has 0 spiro atoms. The Morgan fingerprint density at radius 1 is 1.21 bits per heavy atom. The lowest BCUT2D eigenvalue weighted by molar-refractivity contribution is -0.136. The number of morpholine rings is 1. The van der Waals surface area contributed by atoms with Gasteiger partial charge >= 0.3 is 0 Å². The lowest BCUT2D eigenvalue weighted by Gasteiger charge is -2.29. The van der Waals surface area contributed by atoms with E-state index in [0.717, 1.165) is 12.1 Å². The minimum absolute atomic E-state index is 0.158.